The molecule has 2 aliphatic carbocycles. The van der Waals surface area contributed by atoms with Crippen LogP contribution in [0.5, 0.6) is 0 Å². The van der Waals surface area contributed by atoms with Crippen molar-refractivity contribution in [2.45, 2.75) is 18.8 Å². The lowest BCUT2D eigenvalue weighted by atomic mass is 10.1. The van der Waals surface area contributed by atoms with Crippen LogP contribution in [0.2, 0.25) is 0 Å². The zero-order valence-corrected chi connectivity index (χ0v) is 14.6. The summed E-state index contributed by atoms with van der Waals surface area (Å²) < 4.78 is 29.2. The normalized spacial score (nSPS) is 19.5. The highest BCUT2D eigenvalue weighted by Crippen LogP contribution is 2.57. The number of amides is 1. The number of aromatic nitrogens is 3. The SMILES string of the molecule is CN(C(=O)c1nn(-c2ccc(F)cc2F)c2c1C[C@H]1C[C@@H]21)c1ccccn1. The summed E-state index contributed by atoms with van der Waals surface area (Å²) in [5, 5.41) is 4.45. The van der Waals surface area contributed by atoms with E-state index < -0.39 is 11.6 Å². The lowest BCUT2D eigenvalue weighted by molar-refractivity contribution is 0.0986. The summed E-state index contributed by atoms with van der Waals surface area (Å²) in [6.07, 6.45) is 3.40. The van der Waals surface area contributed by atoms with Crippen LogP contribution in [0.25, 0.3) is 5.69 Å². The quantitative estimate of drug-likeness (QED) is 0.713. The van der Waals surface area contributed by atoms with Crippen molar-refractivity contribution in [3.63, 3.8) is 0 Å². The number of fused-ring (bicyclic) bond motifs is 3. The van der Waals surface area contributed by atoms with Crippen molar-refractivity contribution in [1.29, 1.82) is 0 Å². The van der Waals surface area contributed by atoms with Crippen LogP contribution in [0.4, 0.5) is 14.6 Å². The fourth-order valence-corrected chi connectivity index (χ4v) is 3.94. The Hall–Kier alpha value is -3.09. The highest BCUT2D eigenvalue weighted by molar-refractivity contribution is 6.05. The molecule has 2 aromatic heterocycles. The monoisotopic (exact) mass is 366 g/mol. The highest BCUT2D eigenvalue weighted by Gasteiger charge is 2.50. The van der Waals surface area contributed by atoms with Gasteiger partial charge in [-0.1, -0.05) is 6.07 Å². The van der Waals surface area contributed by atoms with Gasteiger partial charge < -0.3 is 0 Å². The average molecular weight is 366 g/mol. The van der Waals surface area contributed by atoms with E-state index in [-0.39, 0.29) is 11.6 Å². The molecule has 1 fully saturated rings. The van der Waals surface area contributed by atoms with E-state index in [9.17, 15) is 13.6 Å². The molecule has 2 heterocycles. The Morgan fingerprint density at radius 3 is 2.85 bits per heavy atom. The molecule has 0 aliphatic heterocycles. The topological polar surface area (TPSA) is 51.0 Å². The number of hydrogen-bond acceptors (Lipinski definition) is 3. The number of halogens is 2. The number of hydrogen-bond donors (Lipinski definition) is 0. The van der Waals surface area contributed by atoms with Crippen LogP contribution < -0.4 is 4.90 Å². The minimum Gasteiger partial charge on any atom is -0.294 e. The van der Waals surface area contributed by atoms with Crippen molar-refractivity contribution >= 4 is 11.7 Å². The molecule has 5 rings (SSSR count). The van der Waals surface area contributed by atoms with Crippen LogP contribution >= 0.6 is 0 Å². The van der Waals surface area contributed by atoms with Crippen LogP contribution in [0.1, 0.15) is 34.1 Å². The Balaban J connectivity index is 1.61. The standard InChI is InChI=1S/C20H16F2N4O/c1-25(17-4-2-3-7-23-17)20(27)18-14-9-11-8-13(11)19(14)26(24-18)16-6-5-12(21)10-15(16)22/h2-7,10-11,13H,8-9H2,1H3/t11-,13-/m1/s1. The molecule has 0 saturated heterocycles. The van der Waals surface area contributed by atoms with E-state index in [0.29, 0.717) is 23.3 Å². The molecule has 3 aromatic rings. The second kappa shape index (κ2) is 5.70. The molecule has 7 heteroatoms. The van der Waals surface area contributed by atoms with Crippen molar-refractivity contribution in [2.24, 2.45) is 5.92 Å². The molecule has 5 nitrogen and oxygen atoms in total. The number of nitrogens with zero attached hydrogens (tertiary/aromatic N) is 4. The smallest absolute Gasteiger partial charge is 0.279 e. The van der Waals surface area contributed by atoms with Gasteiger partial charge in [-0.05, 0) is 43.0 Å². The molecule has 136 valence electrons. The molecular weight excluding hydrogens is 350 g/mol. The molecule has 1 aromatic carbocycles. The molecule has 0 unspecified atom stereocenters. The second-order valence-electron chi connectivity index (χ2n) is 7.08. The maximum atomic E-state index is 14.4. The molecule has 27 heavy (non-hydrogen) atoms. The number of carbonyl (C=O) groups is 1. The van der Waals surface area contributed by atoms with E-state index in [1.54, 1.807) is 31.4 Å². The van der Waals surface area contributed by atoms with E-state index in [1.165, 1.54) is 21.7 Å². The highest BCUT2D eigenvalue weighted by atomic mass is 19.1. The van der Waals surface area contributed by atoms with Crippen molar-refractivity contribution in [3.05, 3.63) is 71.2 Å². The summed E-state index contributed by atoms with van der Waals surface area (Å²) in [6.45, 7) is 0. The summed E-state index contributed by atoms with van der Waals surface area (Å²) in [5.41, 5.74) is 2.23. The van der Waals surface area contributed by atoms with Gasteiger partial charge in [0.2, 0.25) is 0 Å². The van der Waals surface area contributed by atoms with Gasteiger partial charge in [-0.15, -0.1) is 0 Å². The summed E-state index contributed by atoms with van der Waals surface area (Å²) in [4.78, 5) is 18.7. The molecule has 0 N–H and O–H groups in total. The largest absolute Gasteiger partial charge is 0.294 e. The number of benzene rings is 1. The molecule has 1 amide bonds. The van der Waals surface area contributed by atoms with E-state index in [2.05, 4.69) is 10.1 Å². The van der Waals surface area contributed by atoms with Gasteiger partial charge in [-0.25, -0.2) is 18.4 Å². The number of carbonyl (C=O) groups excluding carboxylic acids is 1. The van der Waals surface area contributed by atoms with Crippen LogP contribution in [0.3, 0.4) is 0 Å². The maximum absolute atomic E-state index is 14.4. The second-order valence-corrected chi connectivity index (χ2v) is 7.08. The van der Waals surface area contributed by atoms with Crippen molar-refractivity contribution in [1.82, 2.24) is 14.8 Å². The number of anilines is 1. The third-order valence-electron chi connectivity index (χ3n) is 5.40. The average Bonchev–Trinajstić information content (AvgIpc) is 3.18. The van der Waals surface area contributed by atoms with Crippen LogP contribution in [-0.2, 0) is 6.42 Å². The Morgan fingerprint density at radius 1 is 1.26 bits per heavy atom. The Morgan fingerprint density at radius 2 is 2.11 bits per heavy atom. The molecule has 2 aliphatic rings. The first kappa shape index (κ1) is 16.1. The van der Waals surface area contributed by atoms with Crippen LogP contribution in [-0.4, -0.2) is 27.7 Å². The van der Waals surface area contributed by atoms with Gasteiger partial charge in [0, 0.05) is 30.8 Å². The number of pyridine rings is 1. The molecule has 0 radical (unpaired) electrons. The van der Waals surface area contributed by atoms with Crippen molar-refractivity contribution in [3.8, 4) is 5.69 Å². The molecule has 0 spiro atoms. The lowest BCUT2D eigenvalue weighted by Crippen LogP contribution is -2.28. The summed E-state index contributed by atoms with van der Waals surface area (Å²) in [7, 11) is 1.64. The van der Waals surface area contributed by atoms with Crippen molar-refractivity contribution in [2.75, 3.05) is 11.9 Å². The summed E-state index contributed by atoms with van der Waals surface area (Å²) in [5.74, 6) is -0.329. The fraction of sp³-hybridized carbons (Fsp3) is 0.250. The van der Waals surface area contributed by atoms with Gasteiger partial charge in [0.1, 0.15) is 17.3 Å². The third-order valence-corrected chi connectivity index (χ3v) is 5.40. The predicted octanol–water partition coefficient (Wildman–Crippen LogP) is 3.48. The minimum absolute atomic E-state index is 0.166. The minimum atomic E-state index is -0.693. The predicted molar refractivity (Wildman–Crippen MR) is 95.0 cm³/mol. The zero-order chi connectivity index (χ0) is 18.7. The van der Waals surface area contributed by atoms with Gasteiger partial charge >= 0.3 is 0 Å². The van der Waals surface area contributed by atoms with E-state index in [0.717, 1.165) is 30.2 Å². The Labute approximate surface area is 154 Å². The number of rotatable bonds is 3. The van der Waals surface area contributed by atoms with Gasteiger partial charge in [-0.3, -0.25) is 9.69 Å². The summed E-state index contributed by atoms with van der Waals surface area (Å²) >= 11 is 0. The van der Waals surface area contributed by atoms with Crippen LogP contribution in [0, 0.1) is 17.6 Å². The van der Waals surface area contributed by atoms with E-state index in [1.807, 2.05) is 0 Å². The fourth-order valence-electron chi connectivity index (χ4n) is 3.94. The lowest BCUT2D eigenvalue weighted by Gasteiger charge is -2.15. The van der Waals surface area contributed by atoms with Gasteiger partial charge in [0.15, 0.2) is 11.5 Å². The van der Waals surface area contributed by atoms with Crippen molar-refractivity contribution < 1.29 is 13.6 Å². The summed E-state index contributed by atoms with van der Waals surface area (Å²) in [6, 6.07) is 8.73. The first-order chi connectivity index (χ1) is 13.0. The Kier molecular flexibility index (Phi) is 3.40. The first-order valence-electron chi connectivity index (χ1n) is 8.81. The molecule has 0 bridgehead atoms. The third kappa shape index (κ3) is 2.45. The van der Waals surface area contributed by atoms with E-state index in [4.69, 9.17) is 0 Å². The molecule has 1 saturated carbocycles. The molecular formula is C20H16F2N4O. The van der Waals surface area contributed by atoms with E-state index >= 15 is 0 Å². The zero-order valence-electron chi connectivity index (χ0n) is 14.6. The Bertz CT molecular complexity index is 1060. The van der Waals surface area contributed by atoms with Gasteiger partial charge in [-0.2, -0.15) is 5.10 Å². The first-order valence-corrected chi connectivity index (χ1v) is 8.81. The van der Waals surface area contributed by atoms with Gasteiger partial charge in [0.25, 0.3) is 5.91 Å². The maximum Gasteiger partial charge on any atom is 0.279 e. The van der Waals surface area contributed by atoms with Crippen LogP contribution in [0.15, 0.2) is 42.6 Å². The van der Waals surface area contributed by atoms with Gasteiger partial charge in [0.05, 0.1) is 5.69 Å². The molecule has 2 atom stereocenters.